The highest BCUT2D eigenvalue weighted by Crippen LogP contribution is 2.18. The molecule has 0 bridgehead atoms. The normalized spacial score (nSPS) is 11.0. The second-order valence-electron chi connectivity index (χ2n) is 6.38. The summed E-state index contributed by atoms with van der Waals surface area (Å²) in [6, 6.07) is 12.5. The Bertz CT molecular complexity index is 942. The minimum absolute atomic E-state index is 0.117. The molecule has 0 aliphatic rings. The van der Waals surface area contributed by atoms with E-state index >= 15 is 0 Å². The quantitative estimate of drug-likeness (QED) is 0.425. The molecule has 5 N–H and O–H groups in total. The van der Waals surface area contributed by atoms with Crippen LogP contribution in [0.4, 0.5) is 5.69 Å². The Balaban J connectivity index is 1.89. The van der Waals surface area contributed by atoms with E-state index in [0.717, 1.165) is 0 Å². The lowest BCUT2D eigenvalue weighted by Crippen LogP contribution is -2.27. The monoisotopic (exact) mass is 335 g/mol. The maximum atomic E-state index is 12.2. The average Bonchev–Trinajstić information content (AvgIpc) is 3.02. The zero-order valence-electron chi connectivity index (χ0n) is 14.3. The summed E-state index contributed by atoms with van der Waals surface area (Å²) in [5.74, 6) is 0.699. The van der Waals surface area contributed by atoms with Crippen molar-refractivity contribution in [3.8, 4) is 0 Å². The van der Waals surface area contributed by atoms with Crippen molar-refractivity contribution in [1.29, 1.82) is 5.41 Å². The summed E-state index contributed by atoms with van der Waals surface area (Å²) in [6.45, 7) is 4.72. The lowest BCUT2D eigenvalue weighted by molar-refractivity contribution is 0.0949. The maximum absolute atomic E-state index is 12.2. The van der Waals surface area contributed by atoms with Crippen LogP contribution in [0.1, 0.15) is 35.6 Å². The van der Waals surface area contributed by atoms with Gasteiger partial charge in [-0.25, -0.2) is 4.98 Å². The number of nitrogen functional groups attached to an aromatic ring is 1. The first-order valence-electron chi connectivity index (χ1n) is 8.17. The Hall–Kier alpha value is -3.15. The van der Waals surface area contributed by atoms with E-state index in [-0.39, 0.29) is 11.6 Å². The molecule has 1 aromatic heterocycles. The van der Waals surface area contributed by atoms with Crippen LogP contribution < -0.4 is 11.1 Å². The Kier molecular flexibility index (Phi) is 4.52. The zero-order chi connectivity index (χ0) is 18.0. The number of benzene rings is 2. The predicted octanol–water partition coefficient (Wildman–Crippen LogP) is 2.95. The van der Waals surface area contributed by atoms with Gasteiger partial charge in [0.1, 0.15) is 5.71 Å². The van der Waals surface area contributed by atoms with E-state index in [2.05, 4.69) is 15.3 Å². The Morgan fingerprint density at radius 3 is 2.76 bits per heavy atom. The number of carbonyl (C=O) groups excluding carboxylic acids is 1. The van der Waals surface area contributed by atoms with Crippen molar-refractivity contribution in [2.45, 2.75) is 13.8 Å². The SMILES string of the molecule is CC(C)CNC(=O)c1ccc2nc(C(=N)c3ccccc3N)[nH]c2c1. The van der Waals surface area contributed by atoms with Crippen LogP contribution in [0.3, 0.4) is 0 Å². The van der Waals surface area contributed by atoms with Gasteiger partial charge in [0, 0.05) is 23.4 Å². The molecular weight excluding hydrogens is 314 g/mol. The van der Waals surface area contributed by atoms with E-state index < -0.39 is 0 Å². The fraction of sp³-hybridized carbons (Fsp3) is 0.211. The van der Waals surface area contributed by atoms with Gasteiger partial charge in [0.15, 0.2) is 5.82 Å². The number of amides is 1. The number of hydrogen-bond donors (Lipinski definition) is 4. The number of carbonyl (C=O) groups is 1. The molecule has 3 rings (SSSR count). The molecule has 0 unspecified atom stereocenters. The molecule has 1 heterocycles. The highest BCUT2D eigenvalue weighted by Gasteiger charge is 2.14. The molecule has 6 nitrogen and oxygen atoms in total. The Labute approximate surface area is 146 Å². The number of H-pyrrole nitrogens is 1. The molecule has 0 atom stereocenters. The molecule has 0 spiro atoms. The summed E-state index contributed by atoms with van der Waals surface area (Å²) in [5.41, 5.74) is 9.29. The zero-order valence-corrected chi connectivity index (χ0v) is 14.3. The fourth-order valence-electron chi connectivity index (χ4n) is 2.52. The second kappa shape index (κ2) is 6.76. The maximum Gasteiger partial charge on any atom is 0.251 e. The molecule has 0 aliphatic heterocycles. The topological polar surface area (TPSA) is 108 Å². The molecule has 1 amide bonds. The first-order chi connectivity index (χ1) is 12.0. The van der Waals surface area contributed by atoms with Crippen LogP contribution in [-0.4, -0.2) is 28.1 Å². The highest BCUT2D eigenvalue weighted by molar-refractivity contribution is 6.12. The van der Waals surface area contributed by atoms with E-state index in [4.69, 9.17) is 11.1 Å². The van der Waals surface area contributed by atoms with Gasteiger partial charge in [-0.15, -0.1) is 0 Å². The third kappa shape index (κ3) is 3.52. The van der Waals surface area contributed by atoms with Crippen LogP contribution >= 0.6 is 0 Å². The minimum Gasteiger partial charge on any atom is -0.398 e. The van der Waals surface area contributed by atoms with Gasteiger partial charge in [-0.3, -0.25) is 10.2 Å². The number of imidazole rings is 1. The lowest BCUT2D eigenvalue weighted by atomic mass is 10.1. The number of fused-ring (bicyclic) bond motifs is 1. The van der Waals surface area contributed by atoms with Gasteiger partial charge >= 0.3 is 0 Å². The largest absolute Gasteiger partial charge is 0.398 e. The molecule has 25 heavy (non-hydrogen) atoms. The van der Waals surface area contributed by atoms with E-state index in [9.17, 15) is 4.79 Å². The summed E-state index contributed by atoms with van der Waals surface area (Å²) < 4.78 is 0. The van der Waals surface area contributed by atoms with E-state index in [1.54, 1.807) is 30.3 Å². The summed E-state index contributed by atoms with van der Waals surface area (Å²) in [7, 11) is 0. The minimum atomic E-state index is -0.117. The Morgan fingerprint density at radius 2 is 2.04 bits per heavy atom. The number of nitrogens with zero attached hydrogens (tertiary/aromatic N) is 1. The number of anilines is 1. The van der Waals surface area contributed by atoms with Gasteiger partial charge in [0.2, 0.25) is 0 Å². The third-order valence-electron chi connectivity index (χ3n) is 3.88. The van der Waals surface area contributed by atoms with Crippen molar-refractivity contribution in [1.82, 2.24) is 15.3 Å². The number of aromatic amines is 1. The van der Waals surface area contributed by atoms with Gasteiger partial charge in [-0.2, -0.15) is 0 Å². The van der Waals surface area contributed by atoms with Crippen LogP contribution in [-0.2, 0) is 0 Å². The molecular formula is C19H21N5O. The van der Waals surface area contributed by atoms with Crippen LogP contribution in [0.15, 0.2) is 42.5 Å². The molecule has 0 aliphatic carbocycles. The smallest absolute Gasteiger partial charge is 0.251 e. The molecule has 6 heteroatoms. The summed E-state index contributed by atoms with van der Waals surface area (Å²) >= 11 is 0. The summed E-state index contributed by atoms with van der Waals surface area (Å²) in [4.78, 5) is 19.7. The average molecular weight is 335 g/mol. The van der Waals surface area contributed by atoms with Crippen LogP contribution in [0, 0.1) is 11.3 Å². The molecule has 3 aromatic rings. The number of nitrogens with two attached hydrogens (primary N) is 1. The highest BCUT2D eigenvalue weighted by atomic mass is 16.1. The molecule has 0 radical (unpaired) electrons. The first-order valence-corrected chi connectivity index (χ1v) is 8.17. The van der Waals surface area contributed by atoms with Gasteiger partial charge in [0.05, 0.1) is 11.0 Å². The van der Waals surface area contributed by atoms with E-state index in [1.807, 2.05) is 26.0 Å². The van der Waals surface area contributed by atoms with Crippen molar-refractivity contribution in [3.05, 3.63) is 59.4 Å². The summed E-state index contributed by atoms with van der Waals surface area (Å²) in [5, 5.41) is 11.2. The number of nitrogens with one attached hydrogen (secondary N) is 3. The third-order valence-corrected chi connectivity index (χ3v) is 3.88. The predicted molar refractivity (Wildman–Crippen MR) is 100 cm³/mol. The summed E-state index contributed by atoms with van der Waals surface area (Å²) in [6.07, 6.45) is 0. The molecule has 0 saturated heterocycles. The van der Waals surface area contributed by atoms with Crippen LogP contribution in [0.25, 0.3) is 11.0 Å². The number of hydrogen-bond acceptors (Lipinski definition) is 4. The second-order valence-corrected chi connectivity index (χ2v) is 6.38. The molecule has 0 saturated carbocycles. The van der Waals surface area contributed by atoms with E-state index in [0.29, 0.717) is 46.1 Å². The van der Waals surface area contributed by atoms with Crippen molar-refractivity contribution in [3.63, 3.8) is 0 Å². The van der Waals surface area contributed by atoms with Crippen LogP contribution in [0.5, 0.6) is 0 Å². The number of para-hydroxylation sites is 1. The number of aromatic nitrogens is 2. The van der Waals surface area contributed by atoms with Crippen molar-refractivity contribution >= 4 is 28.3 Å². The van der Waals surface area contributed by atoms with Crippen molar-refractivity contribution < 1.29 is 4.79 Å². The van der Waals surface area contributed by atoms with Crippen molar-refractivity contribution in [2.75, 3.05) is 12.3 Å². The Morgan fingerprint density at radius 1 is 1.28 bits per heavy atom. The number of rotatable bonds is 5. The molecule has 2 aromatic carbocycles. The van der Waals surface area contributed by atoms with Gasteiger partial charge in [0.25, 0.3) is 5.91 Å². The fourth-order valence-corrected chi connectivity index (χ4v) is 2.52. The van der Waals surface area contributed by atoms with Gasteiger partial charge < -0.3 is 16.0 Å². The lowest BCUT2D eigenvalue weighted by Gasteiger charge is -2.07. The van der Waals surface area contributed by atoms with E-state index in [1.165, 1.54) is 0 Å². The standard InChI is InChI=1S/C19H21N5O/c1-11(2)10-22-19(25)12-7-8-15-16(9-12)24-18(23-15)17(21)13-5-3-4-6-14(13)20/h3-9,11,21H,10,20H2,1-2H3,(H,22,25)(H,23,24). The molecule has 128 valence electrons. The molecule has 0 fully saturated rings. The van der Waals surface area contributed by atoms with Gasteiger partial charge in [-0.05, 0) is 30.2 Å². The first kappa shape index (κ1) is 16.7. The van der Waals surface area contributed by atoms with Crippen LogP contribution in [0.2, 0.25) is 0 Å². The van der Waals surface area contributed by atoms with Crippen molar-refractivity contribution in [2.24, 2.45) is 5.92 Å². The van der Waals surface area contributed by atoms with Gasteiger partial charge in [-0.1, -0.05) is 32.0 Å².